The summed E-state index contributed by atoms with van der Waals surface area (Å²) in [6.45, 7) is 5.84. The Morgan fingerprint density at radius 2 is 1.97 bits per heavy atom. The van der Waals surface area contributed by atoms with E-state index in [9.17, 15) is 18.0 Å². The Morgan fingerprint density at radius 3 is 2.48 bits per heavy atom. The number of ether oxygens (including phenoxy) is 2. The molecular weight excluding hydrogens is 413 g/mol. The Balaban J connectivity index is 0.000000370. The molecule has 1 amide bonds. The van der Waals surface area contributed by atoms with Crippen molar-refractivity contribution in [1.29, 1.82) is 0 Å². The first-order valence-corrected chi connectivity index (χ1v) is 10.0. The van der Waals surface area contributed by atoms with Crippen molar-refractivity contribution in [2.75, 3.05) is 53.1 Å². The first-order chi connectivity index (χ1) is 13.7. The SMILES string of the molecule is COCCN1CCOCC12CCN(C(=O)c1cccs1)CC2.O=C(O)C(F)(F)F. The number of hydrogen-bond acceptors (Lipinski definition) is 6. The van der Waals surface area contributed by atoms with Gasteiger partial charge in [-0.15, -0.1) is 11.3 Å². The van der Waals surface area contributed by atoms with Crippen LogP contribution in [-0.4, -0.2) is 91.6 Å². The lowest BCUT2D eigenvalue weighted by molar-refractivity contribution is -0.192. The highest BCUT2D eigenvalue weighted by Gasteiger charge is 2.43. The number of carboxylic acid groups (broad SMARTS) is 1. The van der Waals surface area contributed by atoms with Crippen LogP contribution in [0.2, 0.25) is 0 Å². The van der Waals surface area contributed by atoms with Crippen LogP contribution in [0.3, 0.4) is 0 Å². The van der Waals surface area contributed by atoms with Gasteiger partial charge in [0, 0.05) is 38.8 Å². The fraction of sp³-hybridized carbons (Fsp3) is 0.667. The summed E-state index contributed by atoms with van der Waals surface area (Å²) in [5, 5.41) is 9.08. The third-order valence-electron chi connectivity index (χ3n) is 5.07. The third kappa shape index (κ3) is 6.39. The summed E-state index contributed by atoms with van der Waals surface area (Å²) in [4.78, 5) is 26.7. The number of nitrogens with zero attached hydrogens (tertiary/aromatic N) is 2. The van der Waals surface area contributed by atoms with Crippen LogP contribution in [0.1, 0.15) is 22.5 Å². The number of alkyl halides is 3. The van der Waals surface area contributed by atoms with Gasteiger partial charge in [0.1, 0.15) is 0 Å². The third-order valence-corrected chi connectivity index (χ3v) is 5.93. The van der Waals surface area contributed by atoms with Crippen molar-refractivity contribution in [1.82, 2.24) is 9.80 Å². The molecule has 29 heavy (non-hydrogen) atoms. The Hall–Kier alpha value is -1.69. The number of rotatable bonds is 4. The van der Waals surface area contributed by atoms with Crippen molar-refractivity contribution < 1.29 is 37.3 Å². The lowest BCUT2D eigenvalue weighted by atomic mass is 9.85. The minimum Gasteiger partial charge on any atom is -0.475 e. The number of aliphatic carboxylic acids is 1. The predicted molar refractivity (Wildman–Crippen MR) is 100 cm³/mol. The van der Waals surface area contributed by atoms with Crippen molar-refractivity contribution in [2.45, 2.75) is 24.6 Å². The van der Waals surface area contributed by atoms with Gasteiger partial charge >= 0.3 is 12.1 Å². The van der Waals surface area contributed by atoms with Crippen LogP contribution in [0.5, 0.6) is 0 Å². The van der Waals surface area contributed by atoms with Crippen LogP contribution in [0.4, 0.5) is 13.2 Å². The highest BCUT2D eigenvalue weighted by molar-refractivity contribution is 7.12. The summed E-state index contributed by atoms with van der Waals surface area (Å²) < 4.78 is 42.7. The standard InChI is InChI=1S/C16H24N2O3S.C2HF3O2/c1-20-10-8-18-9-11-21-13-16(18)4-6-17(7-5-16)15(19)14-3-2-12-22-14;3-2(4,5)1(6)7/h2-3,12H,4-11,13H2,1H3;(H,6,7). The van der Waals surface area contributed by atoms with E-state index in [0.29, 0.717) is 0 Å². The Bertz CT molecular complexity index is 661. The molecule has 0 unspecified atom stereocenters. The number of carboxylic acids is 1. The molecule has 7 nitrogen and oxygen atoms in total. The molecule has 1 aromatic heterocycles. The molecule has 2 saturated heterocycles. The number of methoxy groups -OCH3 is 1. The molecule has 3 rings (SSSR count). The number of morpholine rings is 1. The molecule has 1 spiro atoms. The van der Waals surface area contributed by atoms with Crippen molar-refractivity contribution in [2.24, 2.45) is 0 Å². The number of thiophene rings is 1. The van der Waals surface area contributed by atoms with Gasteiger partial charge in [0.05, 0.1) is 24.7 Å². The number of halogens is 3. The lowest BCUT2D eigenvalue weighted by Crippen LogP contribution is -2.62. The molecule has 0 atom stereocenters. The molecule has 3 heterocycles. The normalized spacial score (nSPS) is 19.5. The van der Waals surface area contributed by atoms with Gasteiger partial charge in [0.2, 0.25) is 0 Å². The van der Waals surface area contributed by atoms with Gasteiger partial charge in [0.15, 0.2) is 0 Å². The molecule has 0 bridgehead atoms. The molecule has 11 heteroatoms. The number of amides is 1. The van der Waals surface area contributed by atoms with E-state index >= 15 is 0 Å². The smallest absolute Gasteiger partial charge is 0.475 e. The Kier molecular flexibility index (Phi) is 8.44. The summed E-state index contributed by atoms with van der Waals surface area (Å²) in [5.74, 6) is -2.59. The van der Waals surface area contributed by atoms with Gasteiger partial charge in [0.25, 0.3) is 5.91 Å². The first kappa shape index (κ1) is 23.6. The van der Waals surface area contributed by atoms with Gasteiger partial charge in [-0.1, -0.05) is 6.07 Å². The van der Waals surface area contributed by atoms with E-state index in [1.165, 1.54) is 11.3 Å². The van der Waals surface area contributed by atoms with Crippen LogP contribution in [-0.2, 0) is 14.3 Å². The minimum absolute atomic E-state index is 0.0863. The Labute approximate surface area is 171 Å². The van der Waals surface area contributed by atoms with Crippen molar-refractivity contribution in [3.63, 3.8) is 0 Å². The van der Waals surface area contributed by atoms with Crippen molar-refractivity contribution in [3.05, 3.63) is 22.4 Å². The average molecular weight is 438 g/mol. The van der Waals surface area contributed by atoms with E-state index in [1.54, 1.807) is 7.11 Å². The molecule has 0 aromatic carbocycles. The second-order valence-electron chi connectivity index (χ2n) is 6.83. The summed E-state index contributed by atoms with van der Waals surface area (Å²) in [7, 11) is 1.75. The van der Waals surface area contributed by atoms with Crippen LogP contribution in [0.15, 0.2) is 17.5 Å². The molecular formula is C18H25F3N2O5S. The van der Waals surface area contributed by atoms with E-state index in [0.717, 1.165) is 63.7 Å². The number of piperidine rings is 1. The van der Waals surface area contributed by atoms with Crippen LogP contribution >= 0.6 is 11.3 Å². The van der Waals surface area contributed by atoms with Gasteiger partial charge in [-0.3, -0.25) is 9.69 Å². The van der Waals surface area contributed by atoms with Gasteiger partial charge in [-0.25, -0.2) is 4.79 Å². The number of likely N-dealkylation sites (tertiary alicyclic amines) is 1. The van der Waals surface area contributed by atoms with E-state index in [1.807, 2.05) is 22.4 Å². The molecule has 0 saturated carbocycles. The van der Waals surface area contributed by atoms with Gasteiger partial charge in [-0.05, 0) is 24.3 Å². The minimum atomic E-state index is -5.08. The molecule has 1 aromatic rings. The molecule has 1 N–H and O–H groups in total. The maximum atomic E-state index is 12.5. The van der Waals surface area contributed by atoms with Crippen LogP contribution in [0.25, 0.3) is 0 Å². The summed E-state index contributed by atoms with van der Waals surface area (Å²) in [5.41, 5.74) is 0.0863. The van der Waals surface area contributed by atoms with Crippen LogP contribution in [0, 0.1) is 0 Å². The number of hydrogen-bond donors (Lipinski definition) is 1. The van der Waals surface area contributed by atoms with E-state index in [4.69, 9.17) is 19.4 Å². The lowest BCUT2D eigenvalue weighted by Gasteiger charge is -2.51. The van der Waals surface area contributed by atoms with E-state index < -0.39 is 12.1 Å². The molecule has 0 radical (unpaired) electrons. The van der Waals surface area contributed by atoms with Gasteiger partial charge < -0.3 is 19.5 Å². The fourth-order valence-electron chi connectivity index (χ4n) is 3.46. The van der Waals surface area contributed by atoms with Crippen molar-refractivity contribution >= 4 is 23.2 Å². The van der Waals surface area contributed by atoms with E-state index in [2.05, 4.69) is 4.90 Å². The first-order valence-electron chi connectivity index (χ1n) is 9.14. The quantitative estimate of drug-likeness (QED) is 0.778. The summed E-state index contributed by atoms with van der Waals surface area (Å²) >= 11 is 1.52. The fourth-order valence-corrected chi connectivity index (χ4v) is 4.15. The zero-order valence-electron chi connectivity index (χ0n) is 16.1. The second kappa shape index (κ2) is 10.4. The molecule has 2 aliphatic rings. The average Bonchev–Trinajstić information content (AvgIpc) is 3.22. The largest absolute Gasteiger partial charge is 0.490 e. The molecule has 164 valence electrons. The van der Waals surface area contributed by atoms with Gasteiger partial charge in [-0.2, -0.15) is 13.2 Å². The highest BCUT2D eigenvalue weighted by atomic mass is 32.1. The molecule has 2 fully saturated rings. The second-order valence-corrected chi connectivity index (χ2v) is 7.78. The molecule has 0 aliphatic carbocycles. The zero-order chi connectivity index (χ0) is 21.5. The summed E-state index contributed by atoms with van der Waals surface area (Å²) in [6.07, 6.45) is -3.12. The highest BCUT2D eigenvalue weighted by Crippen LogP contribution is 2.32. The number of carbonyl (C=O) groups is 2. The monoisotopic (exact) mass is 438 g/mol. The maximum absolute atomic E-state index is 12.5. The zero-order valence-corrected chi connectivity index (χ0v) is 16.9. The topological polar surface area (TPSA) is 79.3 Å². The Morgan fingerprint density at radius 1 is 1.31 bits per heavy atom. The van der Waals surface area contributed by atoms with Crippen molar-refractivity contribution in [3.8, 4) is 0 Å². The summed E-state index contributed by atoms with van der Waals surface area (Å²) in [6, 6.07) is 3.84. The molecule has 2 aliphatic heterocycles. The van der Waals surface area contributed by atoms with Crippen LogP contribution < -0.4 is 0 Å². The number of carbonyl (C=O) groups excluding carboxylic acids is 1. The van der Waals surface area contributed by atoms with E-state index in [-0.39, 0.29) is 11.4 Å². The maximum Gasteiger partial charge on any atom is 0.490 e. The predicted octanol–water partition coefficient (Wildman–Crippen LogP) is 2.33.